The van der Waals surface area contributed by atoms with Crippen LogP contribution in [0.2, 0.25) is 0 Å². The van der Waals surface area contributed by atoms with Gasteiger partial charge in [0, 0.05) is 12.1 Å². The van der Waals surface area contributed by atoms with Gasteiger partial charge in [-0.15, -0.1) is 0 Å². The molecule has 0 bridgehead atoms. The number of hydrogen-bond acceptors (Lipinski definition) is 4. The van der Waals surface area contributed by atoms with E-state index in [0.29, 0.717) is 24.5 Å². The quantitative estimate of drug-likeness (QED) is 0.815. The molecule has 5 nitrogen and oxygen atoms in total. The monoisotopic (exact) mass is 365 g/mol. The number of benzene rings is 2. The van der Waals surface area contributed by atoms with E-state index >= 15 is 0 Å². The third-order valence-corrected chi connectivity index (χ3v) is 6.31. The fraction of sp³-hybridized carbons (Fsp3) is 0.333. The molecule has 1 saturated heterocycles. The highest BCUT2D eigenvalue weighted by Gasteiger charge is 2.37. The molecule has 1 fully saturated rings. The molecule has 1 aliphatic rings. The Morgan fingerprint density at radius 1 is 1.12 bits per heavy atom. The number of sulfonamides is 1. The standard InChI is InChI=1S/C18H20FNO4S/c1-23-14-8-9-18(24-2)16(12-14)17-7-4-10-20(17)25(21,22)15-6-3-5-13(19)11-15/h3,5-6,8-9,11-12,17H,4,7,10H2,1-2H3/t17-/m1/s1. The Labute approximate surface area is 147 Å². The first kappa shape index (κ1) is 17.7. The third kappa shape index (κ3) is 3.34. The lowest BCUT2D eigenvalue weighted by Gasteiger charge is -2.26. The molecule has 0 radical (unpaired) electrons. The summed E-state index contributed by atoms with van der Waals surface area (Å²) in [6.45, 7) is 0.379. The highest BCUT2D eigenvalue weighted by molar-refractivity contribution is 7.89. The number of halogens is 1. The highest BCUT2D eigenvalue weighted by atomic mass is 32.2. The van der Waals surface area contributed by atoms with Crippen LogP contribution in [0.4, 0.5) is 4.39 Å². The number of hydrogen-bond donors (Lipinski definition) is 0. The van der Waals surface area contributed by atoms with Crippen molar-refractivity contribution in [1.82, 2.24) is 4.31 Å². The Balaban J connectivity index is 2.04. The molecule has 1 aliphatic heterocycles. The first-order valence-electron chi connectivity index (χ1n) is 7.96. The van der Waals surface area contributed by atoms with Crippen LogP contribution in [-0.4, -0.2) is 33.5 Å². The summed E-state index contributed by atoms with van der Waals surface area (Å²) in [6.07, 6.45) is 1.39. The zero-order valence-corrected chi connectivity index (χ0v) is 14.9. The van der Waals surface area contributed by atoms with Crippen LogP contribution in [0.15, 0.2) is 47.4 Å². The first-order valence-corrected chi connectivity index (χ1v) is 9.40. The van der Waals surface area contributed by atoms with Gasteiger partial charge >= 0.3 is 0 Å². The minimum absolute atomic E-state index is 0.0405. The summed E-state index contributed by atoms with van der Waals surface area (Å²) >= 11 is 0. The average molecular weight is 365 g/mol. The molecule has 2 aromatic rings. The lowest BCUT2D eigenvalue weighted by molar-refractivity contribution is 0.361. The summed E-state index contributed by atoms with van der Waals surface area (Å²) < 4.78 is 51.6. The van der Waals surface area contributed by atoms with Crippen molar-refractivity contribution in [3.63, 3.8) is 0 Å². The van der Waals surface area contributed by atoms with Gasteiger partial charge in [-0.05, 0) is 49.2 Å². The van der Waals surface area contributed by atoms with Gasteiger partial charge in [0.2, 0.25) is 10.0 Å². The molecule has 1 atom stereocenters. The van der Waals surface area contributed by atoms with Gasteiger partial charge in [-0.25, -0.2) is 12.8 Å². The lowest BCUT2D eigenvalue weighted by atomic mass is 10.0. The maximum Gasteiger partial charge on any atom is 0.243 e. The molecular weight excluding hydrogens is 345 g/mol. The van der Waals surface area contributed by atoms with Crippen molar-refractivity contribution in [1.29, 1.82) is 0 Å². The Morgan fingerprint density at radius 2 is 1.92 bits per heavy atom. The van der Waals surface area contributed by atoms with Crippen LogP contribution >= 0.6 is 0 Å². The molecule has 25 heavy (non-hydrogen) atoms. The van der Waals surface area contributed by atoms with Crippen LogP contribution in [0.3, 0.4) is 0 Å². The predicted octanol–water partition coefficient (Wildman–Crippen LogP) is 3.37. The summed E-state index contributed by atoms with van der Waals surface area (Å²) in [5.41, 5.74) is 0.749. The second kappa shape index (κ2) is 7.01. The average Bonchev–Trinajstić information content (AvgIpc) is 3.11. The van der Waals surface area contributed by atoms with E-state index in [9.17, 15) is 12.8 Å². The molecule has 0 saturated carbocycles. The Bertz CT molecular complexity index is 869. The van der Waals surface area contributed by atoms with Crippen LogP contribution in [0.1, 0.15) is 24.4 Å². The largest absolute Gasteiger partial charge is 0.497 e. The Kier molecular flexibility index (Phi) is 4.96. The smallest absolute Gasteiger partial charge is 0.243 e. The number of nitrogens with zero attached hydrogens (tertiary/aromatic N) is 1. The third-order valence-electron chi connectivity index (χ3n) is 4.40. The molecule has 0 unspecified atom stereocenters. The van der Waals surface area contributed by atoms with Gasteiger partial charge < -0.3 is 9.47 Å². The van der Waals surface area contributed by atoms with Crippen LogP contribution in [0.5, 0.6) is 11.5 Å². The molecule has 0 amide bonds. The van der Waals surface area contributed by atoms with E-state index in [0.717, 1.165) is 18.1 Å². The second-order valence-electron chi connectivity index (χ2n) is 5.84. The summed E-state index contributed by atoms with van der Waals surface area (Å²) in [5, 5.41) is 0. The molecule has 3 rings (SSSR count). The first-order chi connectivity index (χ1) is 12.0. The minimum atomic E-state index is -3.81. The Morgan fingerprint density at radius 3 is 2.60 bits per heavy atom. The molecule has 7 heteroatoms. The molecular formula is C18H20FNO4S. The molecule has 1 heterocycles. The Hall–Kier alpha value is -2.12. The van der Waals surface area contributed by atoms with Crippen molar-refractivity contribution in [2.24, 2.45) is 0 Å². The van der Waals surface area contributed by atoms with Crippen molar-refractivity contribution in [3.8, 4) is 11.5 Å². The predicted molar refractivity (Wildman–Crippen MR) is 91.8 cm³/mol. The normalized spacial score (nSPS) is 18.3. The maximum atomic E-state index is 13.5. The molecule has 0 aromatic heterocycles. The highest BCUT2D eigenvalue weighted by Crippen LogP contribution is 2.41. The van der Waals surface area contributed by atoms with Gasteiger partial charge in [-0.2, -0.15) is 4.31 Å². The van der Waals surface area contributed by atoms with Crippen LogP contribution in [0, 0.1) is 5.82 Å². The SMILES string of the molecule is COc1ccc(OC)c([C@H]2CCCN2S(=O)(=O)c2cccc(F)c2)c1. The van der Waals surface area contributed by atoms with E-state index in [1.54, 1.807) is 32.4 Å². The number of methoxy groups -OCH3 is 2. The molecule has 0 aliphatic carbocycles. The van der Waals surface area contributed by atoms with Crippen LogP contribution < -0.4 is 9.47 Å². The van der Waals surface area contributed by atoms with Gasteiger partial charge in [0.1, 0.15) is 17.3 Å². The topological polar surface area (TPSA) is 55.8 Å². The van der Waals surface area contributed by atoms with Gasteiger partial charge in [-0.3, -0.25) is 0 Å². The summed E-state index contributed by atoms with van der Waals surface area (Å²) in [7, 11) is -0.702. The summed E-state index contributed by atoms with van der Waals surface area (Å²) in [4.78, 5) is -0.0405. The van der Waals surface area contributed by atoms with Crippen LogP contribution in [0.25, 0.3) is 0 Å². The van der Waals surface area contributed by atoms with Gasteiger partial charge in [0.05, 0.1) is 25.2 Å². The minimum Gasteiger partial charge on any atom is -0.497 e. The van der Waals surface area contributed by atoms with Crippen LogP contribution in [-0.2, 0) is 10.0 Å². The van der Waals surface area contributed by atoms with Crippen molar-refractivity contribution >= 4 is 10.0 Å². The van der Waals surface area contributed by atoms with E-state index in [1.807, 2.05) is 0 Å². The van der Waals surface area contributed by atoms with E-state index < -0.39 is 15.8 Å². The van der Waals surface area contributed by atoms with Crippen molar-refractivity contribution in [3.05, 3.63) is 53.8 Å². The van der Waals surface area contributed by atoms with Crippen molar-refractivity contribution < 1.29 is 22.3 Å². The number of ether oxygens (including phenoxy) is 2. The summed E-state index contributed by atoms with van der Waals surface area (Å²) in [6, 6.07) is 10.0. The zero-order chi connectivity index (χ0) is 18.0. The van der Waals surface area contributed by atoms with E-state index in [2.05, 4.69) is 0 Å². The molecule has 134 valence electrons. The van der Waals surface area contributed by atoms with E-state index in [-0.39, 0.29) is 10.9 Å². The summed E-state index contributed by atoms with van der Waals surface area (Å²) in [5.74, 6) is 0.661. The van der Waals surface area contributed by atoms with Crippen molar-refractivity contribution in [2.75, 3.05) is 20.8 Å². The van der Waals surface area contributed by atoms with E-state index in [4.69, 9.17) is 9.47 Å². The molecule has 0 N–H and O–H groups in total. The van der Waals surface area contributed by atoms with Gasteiger partial charge in [-0.1, -0.05) is 6.07 Å². The molecule has 2 aromatic carbocycles. The number of rotatable bonds is 5. The van der Waals surface area contributed by atoms with Crippen molar-refractivity contribution in [2.45, 2.75) is 23.8 Å². The zero-order valence-electron chi connectivity index (χ0n) is 14.1. The van der Waals surface area contributed by atoms with Gasteiger partial charge in [0.25, 0.3) is 0 Å². The fourth-order valence-electron chi connectivity index (χ4n) is 3.20. The van der Waals surface area contributed by atoms with E-state index in [1.165, 1.54) is 22.5 Å². The second-order valence-corrected chi connectivity index (χ2v) is 7.73. The maximum absolute atomic E-state index is 13.5. The fourth-order valence-corrected chi connectivity index (χ4v) is 4.91. The molecule has 0 spiro atoms. The lowest BCUT2D eigenvalue weighted by Crippen LogP contribution is -2.31. The van der Waals surface area contributed by atoms with Gasteiger partial charge in [0.15, 0.2) is 0 Å².